The van der Waals surface area contributed by atoms with Crippen molar-refractivity contribution in [3.05, 3.63) is 58.9 Å². The SMILES string of the molecule is N#Cc1cc(Oc2ccc(C=O)cc2F)cc(C(F)(F)F)c1. The minimum atomic E-state index is -4.66. The van der Waals surface area contributed by atoms with E-state index in [-0.39, 0.29) is 22.6 Å². The molecule has 0 aliphatic carbocycles. The zero-order valence-electron chi connectivity index (χ0n) is 10.8. The summed E-state index contributed by atoms with van der Waals surface area (Å²) in [6.45, 7) is 0. The van der Waals surface area contributed by atoms with Crippen LogP contribution in [0.3, 0.4) is 0 Å². The molecule has 0 radical (unpaired) electrons. The number of nitrogens with zero attached hydrogens (tertiary/aromatic N) is 1. The molecular weight excluding hydrogens is 302 g/mol. The second kappa shape index (κ2) is 5.85. The first kappa shape index (κ1) is 15.5. The number of rotatable bonds is 3. The van der Waals surface area contributed by atoms with Gasteiger partial charge in [-0.05, 0) is 36.4 Å². The Hall–Kier alpha value is -2.88. The van der Waals surface area contributed by atoms with Crippen molar-refractivity contribution in [1.29, 1.82) is 5.26 Å². The van der Waals surface area contributed by atoms with Crippen molar-refractivity contribution in [3.63, 3.8) is 0 Å². The number of carbonyl (C=O) groups is 1. The lowest BCUT2D eigenvalue weighted by atomic mass is 10.1. The van der Waals surface area contributed by atoms with Gasteiger partial charge in [0.05, 0.1) is 17.2 Å². The van der Waals surface area contributed by atoms with E-state index in [1.807, 2.05) is 0 Å². The third-order valence-electron chi connectivity index (χ3n) is 2.68. The Labute approximate surface area is 122 Å². The van der Waals surface area contributed by atoms with Gasteiger partial charge in [-0.3, -0.25) is 4.79 Å². The number of ether oxygens (including phenoxy) is 1. The summed E-state index contributed by atoms with van der Waals surface area (Å²) < 4.78 is 56.9. The molecule has 2 aromatic carbocycles. The Bertz CT molecular complexity index is 763. The summed E-state index contributed by atoms with van der Waals surface area (Å²) in [7, 11) is 0. The number of halogens is 4. The van der Waals surface area contributed by atoms with Crippen LogP contribution in [0.25, 0.3) is 0 Å². The third-order valence-corrected chi connectivity index (χ3v) is 2.68. The van der Waals surface area contributed by atoms with Crippen LogP contribution < -0.4 is 4.74 Å². The van der Waals surface area contributed by atoms with E-state index in [0.29, 0.717) is 18.4 Å². The highest BCUT2D eigenvalue weighted by Crippen LogP contribution is 2.34. The van der Waals surface area contributed by atoms with Crippen LogP contribution in [-0.4, -0.2) is 6.29 Å². The van der Waals surface area contributed by atoms with Crippen molar-refractivity contribution in [1.82, 2.24) is 0 Å². The standard InChI is InChI=1S/C15H7F4NO2/c16-13-5-9(8-21)1-2-14(13)22-12-4-10(7-20)3-11(6-12)15(17,18)19/h1-6,8H. The quantitative estimate of drug-likeness (QED) is 0.626. The van der Waals surface area contributed by atoms with Crippen LogP contribution >= 0.6 is 0 Å². The summed E-state index contributed by atoms with van der Waals surface area (Å²) in [6, 6.07) is 7.22. The summed E-state index contributed by atoms with van der Waals surface area (Å²) in [4.78, 5) is 10.5. The summed E-state index contributed by atoms with van der Waals surface area (Å²) in [5.74, 6) is -1.58. The Balaban J connectivity index is 2.41. The summed E-state index contributed by atoms with van der Waals surface area (Å²) >= 11 is 0. The van der Waals surface area contributed by atoms with Gasteiger partial charge in [0.2, 0.25) is 0 Å². The Morgan fingerprint density at radius 3 is 2.41 bits per heavy atom. The number of carbonyl (C=O) groups excluding carboxylic acids is 1. The average Bonchev–Trinajstić information content (AvgIpc) is 2.48. The largest absolute Gasteiger partial charge is 0.454 e. The number of nitriles is 1. The van der Waals surface area contributed by atoms with Crippen LogP contribution in [0, 0.1) is 17.1 Å². The van der Waals surface area contributed by atoms with Gasteiger partial charge in [-0.2, -0.15) is 18.4 Å². The average molecular weight is 309 g/mol. The number of aldehydes is 1. The monoisotopic (exact) mass is 309 g/mol. The number of alkyl halides is 3. The number of hydrogen-bond donors (Lipinski definition) is 0. The van der Waals surface area contributed by atoms with Crippen LogP contribution in [0.15, 0.2) is 36.4 Å². The lowest BCUT2D eigenvalue weighted by molar-refractivity contribution is -0.137. The van der Waals surface area contributed by atoms with Crippen molar-refractivity contribution in [2.24, 2.45) is 0 Å². The van der Waals surface area contributed by atoms with E-state index in [9.17, 15) is 22.4 Å². The molecule has 0 unspecified atom stereocenters. The second-order valence-electron chi connectivity index (χ2n) is 4.27. The smallest absolute Gasteiger partial charge is 0.416 e. The molecule has 0 atom stereocenters. The predicted molar refractivity (Wildman–Crippen MR) is 68.0 cm³/mol. The van der Waals surface area contributed by atoms with Crippen molar-refractivity contribution in [2.45, 2.75) is 6.18 Å². The zero-order valence-corrected chi connectivity index (χ0v) is 10.8. The van der Waals surface area contributed by atoms with Crippen molar-refractivity contribution in [2.75, 3.05) is 0 Å². The number of benzene rings is 2. The van der Waals surface area contributed by atoms with Gasteiger partial charge < -0.3 is 4.74 Å². The molecule has 0 heterocycles. The molecule has 3 nitrogen and oxygen atoms in total. The molecule has 0 amide bonds. The topological polar surface area (TPSA) is 50.1 Å². The molecule has 0 spiro atoms. The first-order valence-corrected chi connectivity index (χ1v) is 5.88. The molecule has 0 fully saturated rings. The van der Waals surface area contributed by atoms with E-state index < -0.39 is 17.6 Å². The lowest BCUT2D eigenvalue weighted by Crippen LogP contribution is -2.05. The molecular formula is C15H7F4NO2. The second-order valence-corrected chi connectivity index (χ2v) is 4.27. The van der Waals surface area contributed by atoms with E-state index in [4.69, 9.17) is 10.00 Å². The maximum absolute atomic E-state index is 13.7. The van der Waals surface area contributed by atoms with Gasteiger partial charge in [0.1, 0.15) is 12.0 Å². The van der Waals surface area contributed by atoms with Gasteiger partial charge in [-0.15, -0.1) is 0 Å². The Morgan fingerprint density at radius 2 is 1.86 bits per heavy atom. The molecule has 7 heteroatoms. The molecule has 0 aliphatic rings. The van der Waals surface area contributed by atoms with Gasteiger partial charge >= 0.3 is 6.18 Å². The van der Waals surface area contributed by atoms with E-state index in [1.54, 1.807) is 6.07 Å². The van der Waals surface area contributed by atoms with Gasteiger partial charge in [0, 0.05) is 5.56 Å². The summed E-state index contributed by atoms with van der Waals surface area (Å²) in [5, 5.41) is 8.76. The molecule has 0 aliphatic heterocycles. The fourth-order valence-electron chi connectivity index (χ4n) is 1.69. The van der Waals surface area contributed by atoms with Gasteiger partial charge in [-0.1, -0.05) is 0 Å². The molecule has 0 N–H and O–H groups in total. The van der Waals surface area contributed by atoms with Crippen LogP contribution in [0.2, 0.25) is 0 Å². The Kier molecular flexibility index (Phi) is 4.13. The molecule has 22 heavy (non-hydrogen) atoms. The summed E-state index contributed by atoms with van der Waals surface area (Å²) in [5.41, 5.74) is -1.28. The zero-order chi connectivity index (χ0) is 16.3. The third kappa shape index (κ3) is 3.41. The molecule has 0 bridgehead atoms. The first-order valence-electron chi connectivity index (χ1n) is 5.88. The normalized spacial score (nSPS) is 10.9. The van der Waals surface area contributed by atoms with Crippen molar-refractivity contribution < 1.29 is 27.1 Å². The first-order chi connectivity index (χ1) is 10.3. The predicted octanol–water partition coefficient (Wildman–Crippen LogP) is 4.32. The van der Waals surface area contributed by atoms with E-state index in [0.717, 1.165) is 18.2 Å². The van der Waals surface area contributed by atoms with Crippen LogP contribution in [0.4, 0.5) is 17.6 Å². The van der Waals surface area contributed by atoms with Gasteiger partial charge in [0.15, 0.2) is 11.6 Å². The Morgan fingerprint density at radius 1 is 1.14 bits per heavy atom. The fraction of sp³-hybridized carbons (Fsp3) is 0.0667. The highest BCUT2D eigenvalue weighted by Gasteiger charge is 2.31. The maximum Gasteiger partial charge on any atom is 0.416 e. The van der Waals surface area contributed by atoms with Crippen molar-refractivity contribution in [3.8, 4) is 17.6 Å². The fourth-order valence-corrected chi connectivity index (χ4v) is 1.69. The molecule has 2 rings (SSSR count). The van der Waals surface area contributed by atoms with E-state index in [1.165, 1.54) is 6.07 Å². The van der Waals surface area contributed by atoms with E-state index in [2.05, 4.69) is 0 Å². The minimum Gasteiger partial charge on any atom is -0.454 e. The highest BCUT2D eigenvalue weighted by atomic mass is 19.4. The highest BCUT2D eigenvalue weighted by molar-refractivity contribution is 5.75. The molecule has 0 aromatic heterocycles. The molecule has 0 saturated carbocycles. The van der Waals surface area contributed by atoms with Crippen LogP contribution in [-0.2, 0) is 6.18 Å². The molecule has 2 aromatic rings. The van der Waals surface area contributed by atoms with E-state index >= 15 is 0 Å². The molecule has 112 valence electrons. The van der Waals surface area contributed by atoms with Crippen LogP contribution in [0.5, 0.6) is 11.5 Å². The van der Waals surface area contributed by atoms with Gasteiger partial charge in [-0.25, -0.2) is 4.39 Å². The number of hydrogen-bond acceptors (Lipinski definition) is 3. The molecule has 0 saturated heterocycles. The lowest BCUT2D eigenvalue weighted by Gasteiger charge is -2.11. The van der Waals surface area contributed by atoms with Crippen molar-refractivity contribution >= 4 is 6.29 Å². The minimum absolute atomic E-state index is 0.0617. The van der Waals surface area contributed by atoms with Crippen LogP contribution in [0.1, 0.15) is 21.5 Å². The van der Waals surface area contributed by atoms with Gasteiger partial charge in [0.25, 0.3) is 0 Å². The maximum atomic E-state index is 13.7. The summed E-state index contributed by atoms with van der Waals surface area (Å²) in [6.07, 6.45) is -4.24.